The highest BCUT2D eigenvalue weighted by Crippen LogP contribution is 2.51. The smallest absolute Gasteiger partial charge is 0.335 e. The zero-order valence-corrected chi connectivity index (χ0v) is 17.6. The van der Waals surface area contributed by atoms with Gasteiger partial charge in [0.2, 0.25) is 5.79 Å². The third-order valence-electron chi connectivity index (χ3n) is 5.32. The van der Waals surface area contributed by atoms with Gasteiger partial charge >= 0.3 is 23.9 Å². The van der Waals surface area contributed by atoms with Crippen LogP contribution in [0, 0.1) is 11.3 Å². The second-order valence-corrected chi connectivity index (χ2v) is 6.80. The zero-order valence-electron chi connectivity index (χ0n) is 17.6. The Balaban J connectivity index is 2.73. The molecule has 2 bridgehead atoms. The highest BCUT2D eigenvalue weighted by atomic mass is 16.7. The fourth-order valence-corrected chi connectivity index (χ4v) is 3.90. The van der Waals surface area contributed by atoms with Crippen molar-refractivity contribution < 1.29 is 47.6 Å². The summed E-state index contributed by atoms with van der Waals surface area (Å²) in [5.74, 6) is -5.99. The van der Waals surface area contributed by atoms with Crippen LogP contribution in [0.15, 0.2) is 23.8 Å². The summed E-state index contributed by atoms with van der Waals surface area (Å²) >= 11 is 0. The average Bonchev–Trinajstić information content (AvgIpc) is 3.09. The number of methoxy groups -OCH3 is 4. The van der Waals surface area contributed by atoms with Gasteiger partial charge < -0.3 is 28.4 Å². The second kappa shape index (κ2) is 9.40. The van der Waals surface area contributed by atoms with E-state index in [1.54, 1.807) is 19.1 Å². The number of hydrogen-bond donors (Lipinski definition) is 0. The van der Waals surface area contributed by atoms with E-state index in [1.807, 2.05) is 0 Å². The maximum absolute atomic E-state index is 13.1. The first-order chi connectivity index (χ1) is 14.2. The van der Waals surface area contributed by atoms with Crippen molar-refractivity contribution in [3.63, 3.8) is 0 Å². The maximum Gasteiger partial charge on any atom is 0.335 e. The van der Waals surface area contributed by atoms with Gasteiger partial charge in [-0.05, 0) is 25.8 Å². The van der Waals surface area contributed by atoms with Crippen molar-refractivity contribution >= 4 is 23.9 Å². The van der Waals surface area contributed by atoms with Crippen molar-refractivity contribution in [2.45, 2.75) is 31.7 Å². The van der Waals surface area contributed by atoms with Gasteiger partial charge in [0.25, 0.3) is 0 Å². The first kappa shape index (κ1) is 23.6. The highest BCUT2D eigenvalue weighted by molar-refractivity contribution is 6.03. The lowest BCUT2D eigenvalue weighted by atomic mass is 9.68. The van der Waals surface area contributed by atoms with Gasteiger partial charge in [-0.2, -0.15) is 0 Å². The average molecular weight is 426 g/mol. The Hall–Kier alpha value is -2.72. The molecule has 10 nitrogen and oxygen atoms in total. The van der Waals surface area contributed by atoms with E-state index in [1.165, 1.54) is 7.11 Å². The summed E-state index contributed by atoms with van der Waals surface area (Å²) in [5, 5.41) is 0. The molecule has 2 rings (SSSR count). The molecular weight excluding hydrogens is 400 g/mol. The SMILES string of the molecule is CCOC(=O)[C@@H]1CC(C(=O)OC)(/C(=C/C(=O)OC)C(=O)OC)C[C@H]2C=C[C@@]1(OC)O2. The largest absolute Gasteiger partial charge is 0.468 e. The van der Waals surface area contributed by atoms with Gasteiger partial charge in [0.1, 0.15) is 11.3 Å². The predicted octanol–water partition coefficient (Wildman–Crippen LogP) is 0.689. The van der Waals surface area contributed by atoms with Crippen LogP contribution in [0.2, 0.25) is 0 Å². The molecule has 0 aromatic carbocycles. The van der Waals surface area contributed by atoms with Crippen molar-refractivity contribution in [3.05, 3.63) is 23.8 Å². The number of ether oxygens (including phenoxy) is 6. The van der Waals surface area contributed by atoms with Gasteiger partial charge in [-0.15, -0.1) is 0 Å². The molecule has 10 heteroatoms. The number of esters is 4. The summed E-state index contributed by atoms with van der Waals surface area (Å²) in [4.78, 5) is 50.6. The molecule has 2 aliphatic heterocycles. The number of rotatable bonds is 7. The van der Waals surface area contributed by atoms with E-state index in [0.717, 1.165) is 27.4 Å². The Bertz CT molecular complexity index is 770. The van der Waals surface area contributed by atoms with E-state index in [4.69, 9.17) is 23.7 Å². The van der Waals surface area contributed by atoms with Crippen LogP contribution in [-0.4, -0.2) is 70.8 Å². The molecule has 0 saturated carbocycles. The van der Waals surface area contributed by atoms with Crippen LogP contribution in [0.3, 0.4) is 0 Å². The van der Waals surface area contributed by atoms with Crippen molar-refractivity contribution in [3.8, 4) is 0 Å². The molecule has 1 saturated heterocycles. The fraction of sp³-hybridized carbons (Fsp3) is 0.600. The van der Waals surface area contributed by atoms with Gasteiger partial charge in [0, 0.05) is 13.2 Å². The molecule has 0 radical (unpaired) electrons. The minimum Gasteiger partial charge on any atom is -0.468 e. The lowest BCUT2D eigenvalue weighted by Gasteiger charge is -2.36. The molecule has 1 unspecified atom stereocenters. The molecule has 2 aliphatic rings. The predicted molar refractivity (Wildman–Crippen MR) is 99.7 cm³/mol. The molecule has 30 heavy (non-hydrogen) atoms. The van der Waals surface area contributed by atoms with Crippen molar-refractivity contribution in [1.29, 1.82) is 0 Å². The summed E-state index contributed by atoms with van der Waals surface area (Å²) in [6.45, 7) is 1.71. The minimum atomic E-state index is -1.76. The first-order valence-corrected chi connectivity index (χ1v) is 9.29. The molecule has 0 N–H and O–H groups in total. The minimum absolute atomic E-state index is 0.0787. The summed E-state index contributed by atoms with van der Waals surface area (Å²) in [6.07, 6.45) is 2.98. The molecule has 0 aromatic rings. The molecule has 4 atom stereocenters. The summed E-state index contributed by atoms with van der Waals surface area (Å²) < 4.78 is 31.1. The Labute approximate surface area is 174 Å². The number of carbonyl (C=O) groups is 4. The van der Waals surface area contributed by atoms with Crippen LogP contribution in [0.4, 0.5) is 0 Å². The van der Waals surface area contributed by atoms with Crippen LogP contribution < -0.4 is 0 Å². The van der Waals surface area contributed by atoms with E-state index < -0.39 is 47.1 Å². The van der Waals surface area contributed by atoms with Gasteiger partial charge in [-0.1, -0.05) is 6.08 Å². The fourth-order valence-electron chi connectivity index (χ4n) is 3.90. The van der Waals surface area contributed by atoms with Crippen LogP contribution in [-0.2, 0) is 47.6 Å². The highest BCUT2D eigenvalue weighted by Gasteiger charge is 2.60. The lowest BCUT2D eigenvalue weighted by molar-refractivity contribution is -0.224. The van der Waals surface area contributed by atoms with Gasteiger partial charge in [0.05, 0.1) is 39.6 Å². The topological polar surface area (TPSA) is 124 Å². The zero-order chi connectivity index (χ0) is 22.5. The molecular formula is C20H26O10. The second-order valence-electron chi connectivity index (χ2n) is 6.80. The monoisotopic (exact) mass is 426 g/mol. The third kappa shape index (κ3) is 4.10. The molecule has 0 aliphatic carbocycles. The van der Waals surface area contributed by atoms with E-state index in [-0.39, 0.29) is 25.0 Å². The third-order valence-corrected chi connectivity index (χ3v) is 5.32. The lowest BCUT2D eigenvalue weighted by Crippen LogP contribution is -2.47. The Morgan fingerprint density at radius 1 is 1.07 bits per heavy atom. The van der Waals surface area contributed by atoms with Crippen LogP contribution in [0.1, 0.15) is 19.8 Å². The Morgan fingerprint density at radius 3 is 2.30 bits per heavy atom. The van der Waals surface area contributed by atoms with Crippen LogP contribution >= 0.6 is 0 Å². The van der Waals surface area contributed by atoms with Crippen molar-refractivity contribution in [2.75, 3.05) is 35.0 Å². The molecule has 1 fully saturated rings. The van der Waals surface area contributed by atoms with E-state index in [0.29, 0.717) is 0 Å². The van der Waals surface area contributed by atoms with E-state index in [2.05, 4.69) is 4.74 Å². The normalized spacial score (nSPS) is 30.2. The van der Waals surface area contributed by atoms with Gasteiger partial charge in [0.15, 0.2) is 0 Å². The molecule has 0 aromatic heterocycles. The van der Waals surface area contributed by atoms with Crippen molar-refractivity contribution in [1.82, 2.24) is 0 Å². The quantitative estimate of drug-likeness (QED) is 0.248. The first-order valence-electron chi connectivity index (χ1n) is 9.29. The molecule has 0 amide bonds. The maximum atomic E-state index is 13.1. The van der Waals surface area contributed by atoms with Crippen LogP contribution in [0.5, 0.6) is 0 Å². The Morgan fingerprint density at radius 2 is 1.77 bits per heavy atom. The molecule has 166 valence electrons. The standard InChI is InChI=1S/C20H26O10/c1-6-29-17(23)14-11-19(18(24)27-4,10-12-7-8-20(14,28-5)30-12)13(16(22)26-3)9-15(21)25-2/h7-9,12,14H,6,10-11H2,1-5H3/b13-9+/t12-,14+,19?,20-/m1/s1. The van der Waals surface area contributed by atoms with Gasteiger partial charge in [-0.3, -0.25) is 9.59 Å². The summed E-state index contributed by atoms with van der Waals surface area (Å²) in [5.41, 5.74) is -2.07. The summed E-state index contributed by atoms with van der Waals surface area (Å²) in [7, 11) is 4.73. The van der Waals surface area contributed by atoms with E-state index in [9.17, 15) is 19.2 Å². The van der Waals surface area contributed by atoms with Crippen molar-refractivity contribution in [2.24, 2.45) is 11.3 Å². The number of carbonyl (C=O) groups excluding carboxylic acids is 4. The van der Waals surface area contributed by atoms with Gasteiger partial charge in [-0.25, -0.2) is 9.59 Å². The number of hydrogen-bond acceptors (Lipinski definition) is 10. The Kier molecular flexibility index (Phi) is 7.38. The summed E-state index contributed by atoms with van der Waals surface area (Å²) in [6, 6.07) is 0. The number of fused-ring (bicyclic) bond motifs is 2. The molecule has 2 heterocycles. The van der Waals surface area contributed by atoms with Crippen LogP contribution in [0.25, 0.3) is 0 Å². The molecule has 0 spiro atoms. The van der Waals surface area contributed by atoms with E-state index >= 15 is 0 Å².